The maximum absolute atomic E-state index is 11.6. The van der Waals surface area contributed by atoms with Gasteiger partial charge in [0.2, 0.25) is 5.91 Å². The Morgan fingerprint density at radius 3 is 2.50 bits per heavy atom. The first-order valence-corrected chi connectivity index (χ1v) is 5.90. The zero-order valence-electron chi connectivity index (χ0n) is 10.1. The first-order valence-electron chi connectivity index (χ1n) is 5.90. The van der Waals surface area contributed by atoms with Crippen LogP contribution in [0.15, 0.2) is 35.4 Å². The quantitative estimate of drug-likeness (QED) is 0.461. The lowest BCUT2D eigenvalue weighted by Crippen LogP contribution is -2.49. The number of para-hydroxylation sites is 1. The van der Waals surface area contributed by atoms with E-state index in [1.165, 1.54) is 5.69 Å². The SMILES string of the molecule is [N-]=[N+]=NCC(=O)N1CCN(c2ccccc2)CC1. The first kappa shape index (κ1) is 12.3. The molecule has 0 atom stereocenters. The highest BCUT2D eigenvalue weighted by Crippen LogP contribution is 2.15. The van der Waals surface area contributed by atoms with Gasteiger partial charge in [-0.3, -0.25) is 4.79 Å². The van der Waals surface area contributed by atoms with Crippen LogP contribution in [-0.2, 0) is 4.79 Å². The van der Waals surface area contributed by atoms with Gasteiger partial charge in [-0.2, -0.15) is 0 Å². The fourth-order valence-corrected chi connectivity index (χ4v) is 2.04. The molecule has 0 bridgehead atoms. The summed E-state index contributed by atoms with van der Waals surface area (Å²) < 4.78 is 0. The Kier molecular flexibility index (Phi) is 4.04. The third-order valence-corrected chi connectivity index (χ3v) is 3.02. The zero-order valence-corrected chi connectivity index (χ0v) is 10.1. The molecule has 1 aromatic rings. The molecular weight excluding hydrogens is 230 g/mol. The molecule has 0 aliphatic carbocycles. The van der Waals surface area contributed by atoms with E-state index in [4.69, 9.17) is 5.53 Å². The summed E-state index contributed by atoms with van der Waals surface area (Å²) in [6.07, 6.45) is 0. The molecule has 0 N–H and O–H groups in total. The smallest absolute Gasteiger partial charge is 0.228 e. The van der Waals surface area contributed by atoms with E-state index in [0.717, 1.165) is 13.1 Å². The summed E-state index contributed by atoms with van der Waals surface area (Å²) in [5.74, 6) is -0.0967. The van der Waals surface area contributed by atoms with Crippen molar-refractivity contribution in [3.63, 3.8) is 0 Å². The number of benzene rings is 1. The molecule has 0 saturated carbocycles. The lowest BCUT2D eigenvalue weighted by molar-refractivity contribution is -0.129. The summed E-state index contributed by atoms with van der Waals surface area (Å²) in [5.41, 5.74) is 9.36. The molecule has 18 heavy (non-hydrogen) atoms. The standard InChI is InChI=1S/C12H15N5O/c13-15-14-10-12(18)17-8-6-16(7-9-17)11-4-2-1-3-5-11/h1-5H,6-10H2. The fraction of sp³-hybridized carbons (Fsp3) is 0.417. The number of hydrogen-bond donors (Lipinski definition) is 0. The van der Waals surface area contributed by atoms with Crippen LogP contribution in [0.1, 0.15) is 0 Å². The van der Waals surface area contributed by atoms with Gasteiger partial charge < -0.3 is 9.80 Å². The van der Waals surface area contributed by atoms with Crippen LogP contribution >= 0.6 is 0 Å². The summed E-state index contributed by atoms with van der Waals surface area (Å²) in [6.45, 7) is 2.89. The highest BCUT2D eigenvalue weighted by Gasteiger charge is 2.20. The number of hydrogen-bond acceptors (Lipinski definition) is 3. The molecule has 0 aromatic heterocycles. The highest BCUT2D eigenvalue weighted by molar-refractivity contribution is 5.78. The van der Waals surface area contributed by atoms with Crippen molar-refractivity contribution in [2.45, 2.75) is 0 Å². The average molecular weight is 245 g/mol. The van der Waals surface area contributed by atoms with Crippen LogP contribution in [0, 0.1) is 0 Å². The number of piperazine rings is 1. The summed E-state index contributed by atoms with van der Waals surface area (Å²) in [6, 6.07) is 10.1. The molecule has 0 radical (unpaired) electrons. The molecule has 1 saturated heterocycles. The number of anilines is 1. The van der Waals surface area contributed by atoms with Gasteiger partial charge in [-0.25, -0.2) is 0 Å². The molecule has 6 nitrogen and oxygen atoms in total. The average Bonchev–Trinajstić information content (AvgIpc) is 2.46. The maximum atomic E-state index is 11.6. The number of carbonyl (C=O) groups is 1. The third-order valence-electron chi connectivity index (χ3n) is 3.02. The van der Waals surface area contributed by atoms with Gasteiger partial charge in [0.1, 0.15) is 6.54 Å². The van der Waals surface area contributed by atoms with Crippen LogP contribution in [0.4, 0.5) is 5.69 Å². The molecule has 0 spiro atoms. The second-order valence-electron chi connectivity index (χ2n) is 4.09. The van der Waals surface area contributed by atoms with Gasteiger partial charge in [-0.1, -0.05) is 23.3 Å². The van der Waals surface area contributed by atoms with Crippen molar-refractivity contribution >= 4 is 11.6 Å². The molecular formula is C12H15N5O. The van der Waals surface area contributed by atoms with E-state index in [-0.39, 0.29) is 12.5 Å². The predicted octanol–water partition coefficient (Wildman–Crippen LogP) is 1.65. The minimum absolute atomic E-state index is 0.0815. The summed E-state index contributed by atoms with van der Waals surface area (Å²) >= 11 is 0. The largest absolute Gasteiger partial charge is 0.368 e. The number of rotatable bonds is 3. The van der Waals surface area contributed by atoms with Crippen LogP contribution in [0.25, 0.3) is 10.4 Å². The van der Waals surface area contributed by atoms with Crippen molar-refractivity contribution in [2.75, 3.05) is 37.6 Å². The van der Waals surface area contributed by atoms with Crippen molar-refractivity contribution in [3.05, 3.63) is 40.8 Å². The van der Waals surface area contributed by atoms with Gasteiger partial charge in [-0.05, 0) is 17.7 Å². The van der Waals surface area contributed by atoms with Crippen molar-refractivity contribution in [3.8, 4) is 0 Å². The summed E-state index contributed by atoms with van der Waals surface area (Å²) in [7, 11) is 0. The van der Waals surface area contributed by atoms with Crippen LogP contribution in [0.3, 0.4) is 0 Å². The third kappa shape index (κ3) is 2.93. The molecule has 1 amide bonds. The van der Waals surface area contributed by atoms with E-state index in [1.807, 2.05) is 18.2 Å². The van der Waals surface area contributed by atoms with Crippen molar-refractivity contribution in [1.29, 1.82) is 0 Å². The number of carbonyl (C=O) groups excluding carboxylic acids is 1. The topological polar surface area (TPSA) is 72.3 Å². The lowest BCUT2D eigenvalue weighted by atomic mass is 10.2. The molecule has 1 aromatic carbocycles. The minimum atomic E-state index is -0.0967. The second kappa shape index (κ2) is 5.93. The Labute approximate surface area is 105 Å². The van der Waals surface area contributed by atoms with Crippen LogP contribution < -0.4 is 4.90 Å². The van der Waals surface area contributed by atoms with Gasteiger partial charge >= 0.3 is 0 Å². The molecule has 1 aliphatic heterocycles. The Morgan fingerprint density at radius 2 is 1.89 bits per heavy atom. The summed E-state index contributed by atoms with van der Waals surface area (Å²) in [4.78, 5) is 18.2. The molecule has 6 heteroatoms. The van der Waals surface area contributed by atoms with Crippen molar-refractivity contribution < 1.29 is 4.79 Å². The van der Waals surface area contributed by atoms with Crippen LogP contribution in [-0.4, -0.2) is 43.5 Å². The monoisotopic (exact) mass is 245 g/mol. The highest BCUT2D eigenvalue weighted by atomic mass is 16.2. The maximum Gasteiger partial charge on any atom is 0.228 e. The lowest BCUT2D eigenvalue weighted by Gasteiger charge is -2.36. The molecule has 0 unspecified atom stereocenters. The Morgan fingerprint density at radius 1 is 1.22 bits per heavy atom. The van der Waals surface area contributed by atoms with Gasteiger partial charge in [-0.15, -0.1) is 0 Å². The summed E-state index contributed by atoms with van der Waals surface area (Å²) in [5, 5.41) is 3.30. The van der Waals surface area contributed by atoms with E-state index < -0.39 is 0 Å². The van der Waals surface area contributed by atoms with Crippen LogP contribution in [0.2, 0.25) is 0 Å². The van der Waals surface area contributed by atoms with Crippen LogP contribution in [0.5, 0.6) is 0 Å². The Bertz CT molecular complexity index is 447. The molecule has 1 aliphatic rings. The van der Waals surface area contributed by atoms with E-state index in [9.17, 15) is 4.79 Å². The Hall–Kier alpha value is -2.20. The molecule has 2 rings (SSSR count). The van der Waals surface area contributed by atoms with E-state index >= 15 is 0 Å². The molecule has 1 fully saturated rings. The van der Waals surface area contributed by atoms with E-state index in [0.29, 0.717) is 13.1 Å². The fourth-order valence-electron chi connectivity index (χ4n) is 2.04. The van der Waals surface area contributed by atoms with Crippen molar-refractivity contribution in [2.24, 2.45) is 5.11 Å². The second-order valence-corrected chi connectivity index (χ2v) is 4.09. The zero-order chi connectivity index (χ0) is 12.8. The van der Waals surface area contributed by atoms with E-state index in [1.54, 1.807) is 4.90 Å². The molecule has 94 valence electrons. The number of amides is 1. The van der Waals surface area contributed by atoms with Gasteiger partial charge in [0.25, 0.3) is 0 Å². The normalized spacial score (nSPS) is 15.1. The minimum Gasteiger partial charge on any atom is -0.368 e. The first-order chi connectivity index (χ1) is 8.81. The Balaban J connectivity index is 1.88. The number of nitrogens with zero attached hydrogens (tertiary/aromatic N) is 5. The van der Waals surface area contributed by atoms with E-state index in [2.05, 4.69) is 27.1 Å². The number of azide groups is 1. The molecule has 1 heterocycles. The van der Waals surface area contributed by atoms with Gasteiger partial charge in [0, 0.05) is 36.8 Å². The van der Waals surface area contributed by atoms with Gasteiger partial charge in [0.05, 0.1) is 0 Å². The predicted molar refractivity (Wildman–Crippen MR) is 69.2 cm³/mol. The van der Waals surface area contributed by atoms with Crippen molar-refractivity contribution in [1.82, 2.24) is 4.90 Å². The van der Waals surface area contributed by atoms with Gasteiger partial charge in [0.15, 0.2) is 0 Å².